The van der Waals surface area contributed by atoms with Crippen LogP contribution in [0.1, 0.15) is 35.0 Å². The third-order valence-electron chi connectivity index (χ3n) is 3.68. The summed E-state index contributed by atoms with van der Waals surface area (Å²) in [6, 6.07) is 10.9. The number of ether oxygens (including phenoxy) is 1. The van der Waals surface area contributed by atoms with Crippen LogP contribution in [-0.2, 0) is 4.79 Å². The molecule has 2 N–H and O–H groups in total. The third-order valence-corrected chi connectivity index (χ3v) is 3.68. The lowest BCUT2D eigenvalue weighted by molar-refractivity contribution is -0.121. The van der Waals surface area contributed by atoms with Crippen LogP contribution < -0.4 is 15.4 Å². The number of para-hydroxylation sites is 1. The van der Waals surface area contributed by atoms with E-state index >= 15 is 0 Å². The minimum Gasteiger partial charge on any atom is -0.493 e. The highest BCUT2D eigenvalue weighted by Crippen LogP contribution is 2.31. The maximum absolute atomic E-state index is 12.1. The molecule has 0 saturated heterocycles. The van der Waals surface area contributed by atoms with Crippen molar-refractivity contribution in [2.24, 2.45) is 0 Å². The standard InChI is InChI=1S/C17H18N2O4/c20-16(7-9-18-17(21)15-6-3-10-22-15)19-13-8-11-23-14-5-2-1-4-12(13)14/h1-6,10,13H,7-9,11H2,(H,18,21)(H,19,20)/t13-/m1/s1. The van der Waals surface area contributed by atoms with Gasteiger partial charge in [-0.15, -0.1) is 0 Å². The number of rotatable bonds is 5. The van der Waals surface area contributed by atoms with E-state index in [0.29, 0.717) is 6.61 Å². The molecule has 0 saturated carbocycles. The molecule has 1 aliphatic heterocycles. The molecule has 6 nitrogen and oxygen atoms in total. The molecule has 0 aliphatic carbocycles. The quantitative estimate of drug-likeness (QED) is 0.885. The zero-order valence-electron chi connectivity index (χ0n) is 12.6. The molecule has 3 rings (SSSR count). The predicted molar refractivity (Wildman–Crippen MR) is 83.1 cm³/mol. The Morgan fingerprint density at radius 2 is 2.04 bits per heavy atom. The fourth-order valence-electron chi connectivity index (χ4n) is 2.54. The summed E-state index contributed by atoms with van der Waals surface area (Å²) in [5.74, 6) is 0.629. The summed E-state index contributed by atoms with van der Waals surface area (Å²) in [6.45, 7) is 0.841. The number of carbonyl (C=O) groups is 2. The van der Waals surface area contributed by atoms with Gasteiger partial charge in [0.15, 0.2) is 5.76 Å². The fourth-order valence-corrected chi connectivity index (χ4v) is 2.54. The van der Waals surface area contributed by atoms with Crippen LogP contribution in [0, 0.1) is 0 Å². The summed E-state index contributed by atoms with van der Waals surface area (Å²) in [5, 5.41) is 5.64. The van der Waals surface area contributed by atoms with Crippen molar-refractivity contribution in [1.29, 1.82) is 0 Å². The SMILES string of the molecule is O=C(CCNC(=O)c1ccco1)N[C@@H]1CCOc2ccccc21. The van der Waals surface area contributed by atoms with E-state index in [-0.39, 0.29) is 36.6 Å². The number of hydrogen-bond acceptors (Lipinski definition) is 4. The lowest BCUT2D eigenvalue weighted by Crippen LogP contribution is -2.34. The lowest BCUT2D eigenvalue weighted by atomic mass is 10.0. The van der Waals surface area contributed by atoms with Gasteiger partial charge in [0.25, 0.3) is 5.91 Å². The molecule has 1 aromatic carbocycles. The van der Waals surface area contributed by atoms with Gasteiger partial charge >= 0.3 is 0 Å². The van der Waals surface area contributed by atoms with Crippen molar-refractivity contribution < 1.29 is 18.7 Å². The third kappa shape index (κ3) is 3.71. The van der Waals surface area contributed by atoms with Crippen molar-refractivity contribution in [3.05, 3.63) is 54.0 Å². The number of hydrogen-bond donors (Lipinski definition) is 2. The number of carbonyl (C=O) groups excluding carboxylic acids is 2. The summed E-state index contributed by atoms with van der Waals surface area (Å²) >= 11 is 0. The highest BCUT2D eigenvalue weighted by Gasteiger charge is 2.22. The van der Waals surface area contributed by atoms with Crippen molar-refractivity contribution in [2.45, 2.75) is 18.9 Å². The van der Waals surface area contributed by atoms with Crippen LogP contribution in [0.15, 0.2) is 47.1 Å². The molecule has 0 unspecified atom stereocenters. The fraction of sp³-hybridized carbons (Fsp3) is 0.294. The van der Waals surface area contributed by atoms with Gasteiger partial charge in [0, 0.05) is 24.9 Å². The van der Waals surface area contributed by atoms with Crippen LogP contribution in [0.3, 0.4) is 0 Å². The van der Waals surface area contributed by atoms with Crippen molar-refractivity contribution in [3.8, 4) is 5.75 Å². The Morgan fingerprint density at radius 3 is 2.87 bits per heavy atom. The van der Waals surface area contributed by atoms with Crippen LogP contribution in [0.5, 0.6) is 5.75 Å². The van der Waals surface area contributed by atoms with Crippen LogP contribution in [-0.4, -0.2) is 25.0 Å². The molecule has 2 heterocycles. The van der Waals surface area contributed by atoms with Gasteiger partial charge in [-0.3, -0.25) is 9.59 Å². The molecule has 1 atom stereocenters. The monoisotopic (exact) mass is 314 g/mol. The molecule has 0 bridgehead atoms. The maximum atomic E-state index is 12.1. The average Bonchev–Trinajstić information content (AvgIpc) is 3.10. The van der Waals surface area contributed by atoms with E-state index in [2.05, 4.69) is 10.6 Å². The first kappa shape index (κ1) is 15.1. The molecule has 0 fully saturated rings. The normalized spacial score (nSPS) is 16.1. The molecule has 2 aromatic rings. The minimum atomic E-state index is -0.320. The van der Waals surface area contributed by atoms with Gasteiger partial charge < -0.3 is 19.8 Å². The summed E-state index contributed by atoms with van der Waals surface area (Å²) in [4.78, 5) is 23.8. The van der Waals surface area contributed by atoms with E-state index in [9.17, 15) is 9.59 Å². The molecular formula is C17H18N2O4. The number of furan rings is 1. The summed E-state index contributed by atoms with van der Waals surface area (Å²) < 4.78 is 10.6. The van der Waals surface area contributed by atoms with Crippen molar-refractivity contribution in [1.82, 2.24) is 10.6 Å². The number of amides is 2. The smallest absolute Gasteiger partial charge is 0.286 e. The van der Waals surface area contributed by atoms with Crippen LogP contribution in [0.2, 0.25) is 0 Å². The Balaban J connectivity index is 1.48. The summed E-state index contributed by atoms with van der Waals surface area (Å²) in [7, 11) is 0. The first-order chi connectivity index (χ1) is 11.2. The molecule has 1 aliphatic rings. The van der Waals surface area contributed by atoms with Gasteiger partial charge in [-0.25, -0.2) is 0 Å². The van der Waals surface area contributed by atoms with E-state index in [1.807, 2.05) is 24.3 Å². The predicted octanol–water partition coefficient (Wildman–Crippen LogP) is 2.04. The Hall–Kier alpha value is -2.76. The van der Waals surface area contributed by atoms with Crippen LogP contribution >= 0.6 is 0 Å². The second kappa shape index (κ2) is 7.00. The second-order valence-corrected chi connectivity index (χ2v) is 5.28. The zero-order valence-corrected chi connectivity index (χ0v) is 12.6. The van der Waals surface area contributed by atoms with Gasteiger partial charge in [0.05, 0.1) is 18.9 Å². The first-order valence-corrected chi connectivity index (χ1v) is 7.57. The first-order valence-electron chi connectivity index (χ1n) is 7.57. The van der Waals surface area contributed by atoms with E-state index in [0.717, 1.165) is 17.7 Å². The topological polar surface area (TPSA) is 80.6 Å². The Bertz CT molecular complexity index is 682. The van der Waals surface area contributed by atoms with Gasteiger partial charge in [-0.1, -0.05) is 18.2 Å². The molecule has 120 valence electrons. The van der Waals surface area contributed by atoms with Crippen molar-refractivity contribution >= 4 is 11.8 Å². The maximum Gasteiger partial charge on any atom is 0.286 e. The molecule has 23 heavy (non-hydrogen) atoms. The number of fused-ring (bicyclic) bond motifs is 1. The summed E-state index contributed by atoms with van der Waals surface area (Å²) in [6.07, 6.45) is 2.39. The average molecular weight is 314 g/mol. The van der Waals surface area contributed by atoms with Crippen LogP contribution in [0.25, 0.3) is 0 Å². The van der Waals surface area contributed by atoms with Gasteiger partial charge in [0.2, 0.25) is 5.91 Å². The van der Waals surface area contributed by atoms with E-state index < -0.39 is 0 Å². The highest BCUT2D eigenvalue weighted by atomic mass is 16.5. The van der Waals surface area contributed by atoms with E-state index in [1.54, 1.807) is 12.1 Å². The zero-order chi connectivity index (χ0) is 16.1. The Morgan fingerprint density at radius 1 is 1.17 bits per heavy atom. The minimum absolute atomic E-state index is 0.0479. The lowest BCUT2D eigenvalue weighted by Gasteiger charge is -2.26. The largest absolute Gasteiger partial charge is 0.493 e. The van der Waals surface area contributed by atoms with Crippen molar-refractivity contribution in [3.63, 3.8) is 0 Å². The number of nitrogens with one attached hydrogen (secondary N) is 2. The molecule has 1 aromatic heterocycles. The Kier molecular flexibility index (Phi) is 4.61. The van der Waals surface area contributed by atoms with Crippen molar-refractivity contribution in [2.75, 3.05) is 13.2 Å². The molecule has 2 amide bonds. The molecule has 0 spiro atoms. The molecular weight excluding hydrogens is 296 g/mol. The Labute approximate surface area is 133 Å². The van der Waals surface area contributed by atoms with Crippen LogP contribution in [0.4, 0.5) is 0 Å². The van der Waals surface area contributed by atoms with Gasteiger partial charge in [0.1, 0.15) is 5.75 Å². The molecule has 6 heteroatoms. The highest BCUT2D eigenvalue weighted by molar-refractivity contribution is 5.91. The second-order valence-electron chi connectivity index (χ2n) is 5.28. The molecule has 0 radical (unpaired) electrons. The summed E-state index contributed by atoms with van der Waals surface area (Å²) in [5.41, 5.74) is 0.992. The van der Waals surface area contributed by atoms with E-state index in [4.69, 9.17) is 9.15 Å². The van der Waals surface area contributed by atoms with E-state index in [1.165, 1.54) is 6.26 Å². The number of benzene rings is 1. The van der Waals surface area contributed by atoms with Gasteiger partial charge in [-0.05, 0) is 18.2 Å². The van der Waals surface area contributed by atoms with Gasteiger partial charge in [-0.2, -0.15) is 0 Å².